The Kier molecular flexibility index (Phi) is 7.80. The minimum Gasteiger partial charge on any atom is -0.459 e. The average Bonchev–Trinajstić information content (AvgIpc) is 3.50. The normalized spacial score (nSPS) is 16.9. The second-order valence-corrected chi connectivity index (χ2v) is 10.5. The van der Waals surface area contributed by atoms with Crippen molar-refractivity contribution in [1.82, 2.24) is 10.3 Å². The highest BCUT2D eigenvalue weighted by Crippen LogP contribution is 2.44. The summed E-state index contributed by atoms with van der Waals surface area (Å²) in [6, 6.07) is 20.6. The fraction of sp³-hybridized carbons (Fsp3) is 0.179. The summed E-state index contributed by atoms with van der Waals surface area (Å²) >= 11 is 16.0. The predicted molar refractivity (Wildman–Crippen MR) is 156 cm³/mol. The monoisotopic (exact) mass is 610 g/mol. The van der Waals surface area contributed by atoms with Crippen LogP contribution in [-0.2, 0) is 9.53 Å². The predicted octanol–water partition coefficient (Wildman–Crippen LogP) is 6.83. The van der Waals surface area contributed by atoms with E-state index in [1.807, 2.05) is 60.4 Å². The molecular formula is C28H24BrClN4O3S. The quantitative estimate of drug-likeness (QED) is 0.222. The maximum Gasteiger partial charge on any atom is 0.250 e. The van der Waals surface area contributed by atoms with Crippen LogP contribution >= 0.6 is 39.7 Å². The van der Waals surface area contributed by atoms with Crippen molar-refractivity contribution in [3.8, 4) is 11.3 Å². The van der Waals surface area contributed by atoms with Crippen LogP contribution in [0.1, 0.15) is 29.1 Å². The van der Waals surface area contributed by atoms with E-state index >= 15 is 0 Å². The number of nitrogens with one attached hydrogen (secondary N) is 2. The van der Waals surface area contributed by atoms with Gasteiger partial charge in [0.1, 0.15) is 24.2 Å². The van der Waals surface area contributed by atoms with Gasteiger partial charge in [-0.05, 0) is 79.3 Å². The highest BCUT2D eigenvalue weighted by atomic mass is 79.9. The van der Waals surface area contributed by atoms with E-state index in [-0.39, 0.29) is 24.6 Å². The third kappa shape index (κ3) is 5.33. The molecule has 1 fully saturated rings. The number of furan rings is 1. The molecule has 0 radical (unpaired) electrons. The number of rotatable bonds is 7. The molecule has 1 aliphatic rings. The molecule has 0 saturated carbocycles. The summed E-state index contributed by atoms with van der Waals surface area (Å²) in [4.78, 5) is 18.6. The molecule has 1 amide bonds. The largest absolute Gasteiger partial charge is 0.459 e. The molecule has 194 valence electrons. The number of aryl methyl sites for hydroxylation is 1. The molecule has 0 unspecified atom stereocenters. The first-order chi connectivity index (χ1) is 18.4. The van der Waals surface area contributed by atoms with E-state index in [0.29, 0.717) is 21.6 Å². The van der Waals surface area contributed by atoms with Gasteiger partial charge in [0.25, 0.3) is 0 Å². The molecule has 5 rings (SSSR count). The summed E-state index contributed by atoms with van der Waals surface area (Å²) in [7, 11) is 1.46. The van der Waals surface area contributed by atoms with Crippen molar-refractivity contribution in [2.24, 2.45) is 0 Å². The standard InChI is InChI=1S/C28H24BrClN4O3S/c1-16-6-8-18(19(29)13-16)23-10-11-24(37-23)27-26(22-5-3-4-12-31-22)33-28(38)34(27)17-7-9-21(20(30)14-17)32-25(35)15-36-2/h3-14,26-27H,15H2,1-2H3,(H,32,35)(H,33,38)/t26-,27+/m1/s1. The van der Waals surface area contributed by atoms with Crippen LogP contribution in [-0.4, -0.2) is 29.7 Å². The number of methoxy groups -OCH3 is 1. The molecule has 2 aromatic heterocycles. The van der Waals surface area contributed by atoms with Gasteiger partial charge in [-0.15, -0.1) is 0 Å². The van der Waals surface area contributed by atoms with E-state index in [1.165, 1.54) is 7.11 Å². The van der Waals surface area contributed by atoms with Crippen LogP contribution in [0.2, 0.25) is 5.02 Å². The number of hydrogen-bond donors (Lipinski definition) is 2. The first-order valence-corrected chi connectivity index (χ1v) is 13.4. The van der Waals surface area contributed by atoms with Gasteiger partial charge in [-0.3, -0.25) is 9.78 Å². The lowest BCUT2D eigenvalue weighted by atomic mass is 10.0. The van der Waals surface area contributed by atoms with E-state index in [4.69, 9.17) is 33.0 Å². The van der Waals surface area contributed by atoms with E-state index in [1.54, 1.807) is 18.3 Å². The first-order valence-electron chi connectivity index (χ1n) is 11.8. The molecule has 2 aromatic carbocycles. The summed E-state index contributed by atoms with van der Waals surface area (Å²) in [6.45, 7) is 1.98. The van der Waals surface area contributed by atoms with Crippen molar-refractivity contribution in [1.29, 1.82) is 0 Å². The second kappa shape index (κ2) is 11.2. The number of benzene rings is 2. The molecule has 1 aliphatic heterocycles. The van der Waals surface area contributed by atoms with Crippen molar-refractivity contribution < 1.29 is 13.9 Å². The number of halogens is 2. The molecule has 7 nitrogen and oxygen atoms in total. The second-order valence-electron chi connectivity index (χ2n) is 8.83. The molecular weight excluding hydrogens is 588 g/mol. The fourth-order valence-corrected chi connectivity index (χ4v) is 5.73. The lowest BCUT2D eigenvalue weighted by Gasteiger charge is -2.26. The number of amides is 1. The molecule has 2 atom stereocenters. The zero-order chi connectivity index (χ0) is 26.8. The van der Waals surface area contributed by atoms with Crippen LogP contribution in [0, 0.1) is 6.92 Å². The molecule has 0 aliphatic carbocycles. The summed E-state index contributed by atoms with van der Waals surface area (Å²) in [5.41, 5.74) is 4.16. The maximum absolute atomic E-state index is 12.0. The summed E-state index contributed by atoms with van der Waals surface area (Å²) < 4.78 is 12.3. The Balaban J connectivity index is 1.55. The van der Waals surface area contributed by atoms with Gasteiger partial charge in [-0.2, -0.15) is 0 Å². The Morgan fingerprint density at radius 2 is 2.05 bits per heavy atom. The maximum atomic E-state index is 12.0. The van der Waals surface area contributed by atoms with Crippen molar-refractivity contribution in [3.05, 3.63) is 99.4 Å². The van der Waals surface area contributed by atoms with Gasteiger partial charge in [0.2, 0.25) is 5.91 Å². The fourth-order valence-electron chi connectivity index (χ4n) is 4.47. The van der Waals surface area contributed by atoms with Crippen LogP contribution in [0.4, 0.5) is 11.4 Å². The van der Waals surface area contributed by atoms with Gasteiger partial charge in [-0.25, -0.2) is 0 Å². The Hall–Kier alpha value is -3.24. The van der Waals surface area contributed by atoms with Gasteiger partial charge in [0.05, 0.1) is 22.4 Å². The lowest BCUT2D eigenvalue weighted by Crippen LogP contribution is -2.29. The smallest absolute Gasteiger partial charge is 0.250 e. The topological polar surface area (TPSA) is 79.6 Å². The number of thiocarbonyl (C=S) groups is 1. The Bertz CT molecular complexity index is 1500. The molecule has 10 heteroatoms. The number of anilines is 2. The number of carbonyl (C=O) groups excluding carboxylic acids is 1. The third-order valence-corrected chi connectivity index (χ3v) is 7.47. The highest BCUT2D eigenvalue weighted by molar-refractivity contribution is 9.10. The Labute approximate surface area is 239 Å². The van der Waals surface area contributed by atoms with Crippen LogP contribution in [0.3, 0.4) is 0 Å². The van der Waals surface area contributed by atoms with Crippen LogP contribution in [0.25, 0.3) is 11.3 Å². The van der Waals surface area contributed by atoms with Gasteiger partial charge in [0, 0.05) is 29.0 Å². The van der Waals surface area contributed by atoms with E-state index < -0.39 is 0 Å². The number of nitrogens with zero attached hydrogens (tertiary/aromatic N) is 2. The Morgan fingerprint density at radius 3 is 2.76 bits per heavy atom. The summed E-state index contributed by atoms with van der Waals surface area (Å²) in [5.74, 6) is 1.15. The van der Waals surface area contributed by atoms with Crippen molar-refractivity contribution >= 4 is 62.1 Å². The highest BCUT2D eigenvalue weighted by Gasteiger charge is 2.42. The van der Waals surface area contributed by atoms with Gasteiger partial charge >= 0.3 is 0 Å². The van der Waals surface area contributed by atoms with Gasteiger partial charge in [0.15, 0.2) is 5.11 Å². The minimum atomic E-state index is -0.347. The zero-order valence-electron chi connectivity index (χ0n) is 20.6. The number of carbonyl (C=O) groups is 1. The van der Waals surface area contributed by atoms with Crippen molar-refractivity contribution in [2.75, 3.05) is 23.9 Å². The third-order valence-electron chi connectivity index (χ3n) is 6.19. The van der Waals surface area contributed by atoms with Crippen LogP contribution in [0.5, 0.6) is 0 Å². The number of ether oxygens (including phenoxy) is 1. The van der Waals surface area contributed by atoms with Gasteiger partial charge < -0.3 is 24.7 Å². The summed E-state index contributed by atoms with van der Waals surface area (Å²) in [5, 5.41) is 7.05. The molecule has 3 heterocycles. The molecule has 0 bridgehead atoms. The van der Waals surface area contributed by atoms with E-state index in [9.17, 15) is 4.79 Å². The minimum absolute atomic E-state index is 0.0655. The number of hydrogen-bond acceptors (Lipinski definition) is 5. The molecule has 2 N–H and O–H groups in total. The number of pyridine rings is 1. The van der Waals surface area contributed by atoms with Crippen LogP contribution < -0.4 is 15.5 Å². The SMILES string of the molecule is COCC(=O)Nc1ccc(N2C(=S)N[C@H](c3ccccn3)[C@@H]2c2ccc(-c3ccc(C)cc3Br)o2)cc1Cl. The molecule has 38 heavy (non-hydrogen) atoms. The Morgan fingerprint density at radius 1 is 1.21 bits per heavy atom. The number of aromatic nitrogens is 1. The lowest BCUT2D eigenvalue weighted by molar-refractivity contribution is -0.119. The molecule has 4 aromatic rings. The van der Waals surface area contributed by atoms with E-state index in [0.717, 1.165) is 32.7 Å². The van der Waals surface area contributed by atoms with Crippen molar-refractivity contribution in [3.63, 3.8) is 0 Å². The van der Waals surface area contributed by atoms with Gasteiger partial charge in [-0.1, -0.05) is 39.7 Å². The first kappa shape index (κ1) is 26.4. The van der Waals surface area contributed by atoms with Crippen molar-refractivity contribution in [2.45, 2.75) is 19.0 Å². The van der Waals surface area contributed by atoms with E-state index in [2.05, 4.69) is 37.6 Å². The molecule has 1 saturated heterocycles. The average molecular weight is 612 g/mol. The molecule has 0 spiro atoms. The summed E-state index contributed by atoms with van der Waals surface area (Å²) in [6.07, 6.45) is 1.76. The van der Waals surface area contributed by atoms with Crippen LogP contribution in [0.15, 0.2) is 81.8 Å². The zero-order valence-corrected chi connectivity index (χ0v) is 23.7.